The van der Waals surface area contributed by atoms with Gasteiger partial charge in [-0.1, -0.05) is 35.4 Å². The van der Waals surface area contributed by atoms with Crippen molar-refractivity contribution in [2.75, 3.05) is 18.0 Å². The summed E-state index contributed by atoms with van der Waals surface area (Å²) >= 11 is 0. The van der Waals surface area contributed by atoms with Crippen LogP contribution in [-0.2, 0) is 4.79 Å². The summed E-state index contributed by atoms with van der Waals surface area (Å²) in [5.74, 6) is 0.380. The zero-order valence-electron chi connectivity index (χ0n) is 11.8. The molecule has 0 saturated carbocycles. The SMILES string of the molecule is [N-]=[N+]=NCC1CC(=O)N(c2nccc(-c3ccccc3)n2)C1. The van der Waals surface area contributed by atoms with Gasteiger partial charge in [-0.25, -0.2) is 9.97 Å². The molecule has 1 aliphatic heterocycles. The van der Waals surface area contributed by atoms with Gasteiger partial charge in [0.2, 0.25) is 11.9 Å². The Hall–Kier alpha value is -2.92. The molecule has 110 valence electrons. The highest BCUT2D eigenvalue weighted by Crippen LogP contribution is 2.24. The van der Waals surface area contributed by atoms with Crippen molar-refractivity contribution in [1.82, 2.24) is 9.97 Å². The van der Waals surface area contributed by atoms with Gasteiger partial charge in [-0.3, -0.25) is 9.69 Å². The molecule has 0 bridgehead atoms. The summed E-state index contributed by atoms with van der Waals surface area (Å²) in [7, 11) is 0. The Labute approximate surface area is 127 Å². The van der Waals surface area contributed by atoms with Crippen LogP contribution in [0.5, 0.6) is 0 Å². The van der Waals surface area contributed by atoms with Crippen LogP contribution < -0.4 is 4.90 Å². The van der Waals surface area contributed by atoms with Crippen molar-refractivity contribution in [3.8, 4) is 11.3 Å². The predicted molar refractivity (Wildman–Crippen MR) is 81.9 cm³/mol. The van der Waals surface area contributed by atoms with Crippen LogP contribution in [0.15, 0.2) is 47.7 Å². The Morgan fingerprint density at radius 3 is 2.91 bits per heavy atom. The minimum absolute atomic E-state index is 0.0207. The van der Waals surface area contributed by atoms with E-state index in [2.05, 4.69) is 20.0 Å². The molecule has 22 heavy (non-hydrogen) atoms. The third-order valence-electron chi connectivity index (χ3n) is 3.56. The Morgan fingerprint density at radius 1 is 1.32 bits per heavy atom. The minimum Gasteiger partial charge on any atom is -0.280 e. The number of hydrogen-bond donors (Lipinski definition) is 0. The zero-order chi connectivity index (χ0) is 15.4. The standard InChI is InChI=1S/C15H14N6O/c16-20-18-9-11-8-14(22)21(10-11)15-17-7-6-13(19-15)12-4-2-1-3-5-12/h1-7,11H,8-10H2. The van der Waals surface area contributed by atoms with Gasteiger partial charge in [-0.2, -0.15) is 0 Å². The van der Waals surface area contributed by atoms with Gasteiger partial charge in [0.15, 0.2) is 0 Å². The molecule has 1 aromatic heterocycles. The lowest BCUT2D eigenvalue weighted by Crippen LogP contribution is -2.26. The third-order valence-corrected chi connectivity index (χ3v) is 3.56. The van der Waals surface area contributed by atoms with Crippen molar-refractivity contribution < 1.29 is 4.79 Å². The first-order chi connectivity index (χ1) is 10.8. The van der Waals surface area contributed by atoms with Crippen LogP contribution in [0, 0.1) is 5.92 Å². The highest BCUT2D eigenvalue weighted by atomic mass is 16.2. The molecule has 0 aliphatic carbocycles. The number of azide groups is 1. The summed E-state index contributed by atoms with van der Waals surface area (Å²) in [4.78, 5) is 25.1. The van der Waals surface area contributed by atoms with E-state index < -0.39 is 0 Å². The number of rotatable bonds is 4. The molecule has 1 saturated heterocycles. The highest BCUT2D eigenvalue weighted by molar-refractivity contribution is 5.94. The van der Waals surface area contributed by atoms with Crippen molar-refractivity contribution in [1.29, 1.82) is 0 Å². The number of hydrogen-bond acceptors (Lipinski definition) is 4. The quantitative estimate of drug-likeness (QED) is 0.493. The maximum atomic E-state index is 12.1. The average molecular weight is 294 g/mol. The number of benzene rings is 1. The van der Waals surface area contributed by atoms with Gasteiger partial charge in [0.05, 0.1) is 5.69 Å². The molecule has 2 heterocycles. The van der Waals surface area contributed by atoms with Gasteiger partial charge < -0.3 is 0 Å². The second-order valence-corrected chi connectivity index (χ2v) is 5.10. The average Bonchev–Trinajstić information content (AvgIpc) is 2.95. The number of carbonyl (C=O) groups is 1. The third kappa shape index (κ3) is 2.89. The van der Waals surface area contributed by atoms with E-state index in [1.165, 1.54) is 0 Å². The van der Waals surface area contributed by atoms with Crippen LogP contribution in [0.4, 0.5) is 5.95 Å². The molecule has 1 aromatic carbocycles. The molecule has 3 rings (SSSR count). The molecule has 0 radical (unpaired) electrons. The lowest BCUT2D eigenvalue weighted by atomic mass is 10.1. The van der Waals surface area contributed by atoms with Crippen molar-refractivity contribution in [2.45, 2.75) is 6.42 Å². The summed E-state index contributed by atoms with van der Waals surface area (Å²) in [6, 6.07) is 11.6. The number of carbonyl (C=O) groups excluding carboxylic acids is 1. The van der Waals surface area contributed by atoms with E-state index in [0.717, 1.165) is 11.3 Å². The molecule has 1 unspecified atom stereocenters. The van der Waals surface area contributed by atoms with E-state index in [4.69, 9.17) is 5.53 Å². The fourth-order valence-electron chi connectivity index (χ4n) is 2.50. The molecular weight excluding hydrogens is 280 g/mol. The molecular formula is C15H14N6O. The Morgan fingerprint density at radius 2 is 2.14 bits per heavy atom. The van der Waals surface area contributed by atoms with Gasteiger partial charge in [0.1, 0.15) is 0 Å². The van der Waals surface area contributed by atoms with Crippen molar-refractivity contribution >= 4 is 11.9 Å². The highest BCUT2D eigenvalue weighted by Gasteiger charge is 2.31. The minimum atomic E-state index is -0.0386. The largest absolute Gasteiger partial charge is 0.280 e. The van der Waals surface area contributed by atoms with E-state index in [1.54, 1.807) is 11.1 Å². The van der Waals surface area contributed by atoms with E-state index in [1.807, 2.05) is 36.4 Å². The summed E-state index contributed by atoms with van der Waals surface area (Å²) in [6.45, 7) is 0.799. The molecule has 1 amide bonds. The first kappa shape index (κ1) is 14.0. The maximum Gasteiger partial charge on any atom is 0.232 e. The van der Waals surface area contributed by atoms with E-state index in [0.29, 0.717) is 25.5 Å². The van der Waals surface area contributed by atoms with Gasteiger partial charge in [0, 0.05) is 36.2 Å². The van der Waals surface area contributed by atoms with Crippen molar-refractivity contribution in [2.24, 2.45) is 11.0 Å². The summed E-state index contributed by atoms with van der Waals surface area (Å²) in [5, 5.41) is 3.54. The van der Waals surface area contributed by atoms with Gasteiger partial charge in [-0.05, 0) is 17.5 Å². The molecule has 7 heteroatoms. The van der Waals surface area contributed by atoms with Crippen LogP contribution in [-0.4, -0.2) is 29.0 Å². The normalized spacial score (nSPS) is 17.4. The molecule has 2 aromatic rings. The molecule has 1 aliphatic rings. The van der Waals surface area contributed by atoms with Crippen LogP contribution >= 0.6 is 0 Å². The molecule has 1 fully saturated rings. The maximum absolute atomic E-state index is 12.1. The van der Waals surface area contributed by atoms with Gasteiger partial charge in [-0.15, -0.1) is 0 Å². The van der Waals surface area contributed by atoms with Crippen molar-refractivity contribution in [3.63, 3.8) is 0 Å². The van der Waals surface area contributed by atoms with Crippen LogP contribution in [0.2, 0.25) is 0 Å². The van der Waals surface area contributed by atoms with E-state index in [-0.39, 0.29) is 11.8 Å². The molecule has 1 atom stereocenters. The number of amides is 1. The zero-order valence-corrected chi connectivity index (χ0v) is 11.8. The molecule has 7 nitrogen and oxygen atoms in total. The fraction of sp³-hybridized carbons (Fsp3) is 0.267. The monoisotopic (exact) mass is 294 g/mol. The summed E-state index contributed by atoms with van der Waals surface area (Å²) < 4.78 is 0. The smallest absolute Gasteiger partial charge is 0.232 e. The second kappa shape index (κ2) is 6.24. The lowest BCUT2D eigenvalue weighted by Gasteiger charge is -2.14. The van der Waals surface area contributed by atoms with Gasteiger partial charge in [0.25, 0.3) is 0 Å². The molecule has 0 spiro atoms. The lowest BCUT2D eigenvalue weighted by molar-refractivity contribution is -0.117. The Bertz CT molecular complexity index is 726. The first-order valence-electron chi connectivity index (χ1n) is 6.97. The Kier molecular flexibility index (Phi) is 3.98. The summed E-state index contributed by atoms with van der Waals surface area (Å²) in [6.07, 6.45) is 2.01. The fourth-order valence-corrected chi connectivity index (χ4v) is 2.50. The van der Waals surface area contributed by atoms with Crippen LogP contribution in [0.3, 0.4) is 0 Å². The Balaban J connectivity index is 1.84. The molecule has 0 N–H and O–H groups in total. The number of anilines is 1. The van der Waals surface area contributed by atoms with Gasteiger partial charge >= 0.3 is 0 Å². The number of aromatic nitrogens is 2. The first-order valence-corrected chi connectivity index (χ1v) is 6.97. The topological polar surface area (TPSA) is 94.9 Å². The van der Waals surface area contributed by atoms with Crippen molar-refractivity contribution in [3.05, 3.63) is 53.0 Å². The predicted octanol–water partition coefficient (Wildman–Crippen LogP) is 2.81. The van der Waals surface area contributed by atoms with Crippen LogP contribution in [0.1, 0.15) is 6.42 Å². The second-order valence-electron chi connectivity index (χ2n) is 5.10. The van der Waals surface area contributed by atoms with E-state index in [9.17, 15) is 4.79 Å². The number of nitrogens with zero attached hydrogens (tertiary/aromatic N) is 6. The van der Waals surface area contributed by atoms with Crippen LogP contribution in [0.25, 0.3) is 21.7 Å². The summed E-state index contributed by atoms with van der Waals surface area (Å²) in [5.41, 5.74) is 10.1. The van der Waals surface area contributed by atoms with E-state index >= 15 is 0 Å².